The van der Waals surface area contributed by atoms with Gasteiger partial charge < -0.3 is 10.4 Å². The van der Waals surface area contributed by atoms with Crippen LogP contribution in [0.5, 0.6) is 5.75 Å². The summed E-state index contributed by atoms with van der Waals surface area (Å²) in [5.41, 5.74) is 2.39. The molecule has 1 aromatic carbocycles. The summed E-state index contributed by atoms with van der Waals surface area (Å²) in [6.07, 6.45) is 1.32. The first kappa shape index (κ1) is 17.2. The molecule has 1 unspecified atom stereocenters. The molecule has 0 radical (unpaired) electrons. The van der Waals surface area contributed by atoms with E-state index in [4.69, 9.17) is 5.10 Å². The predicted octanol–water partition coefficient (Wildman–Crippen LogP) is 4.37. The van der Waals surface area contributed by atoms with Gasteiger partial charge in [0.2, 0.25) is 5.95 Å². The summed E-state index contributed by atoms with van der Waals surface area (Å²) in [6.45, 7) is 4.24. The number of allylic oxidation sites excluding steroid dienone is 2. The number of aromatic nitrogens is 3. The summed E-state index contributed by atoms with van der Waals surface area (Å²) < 4.78 is 1.81. The predicted molar refractivity (Wildman–Crippen MR) is 108 cm³/mol. The molecule has 7 heteroatoms. The molecule has 0 saturated heterocycles. The van der Waals surface area contributed by atoms with Crippen molar-refractivity contribution >= 4 is 23.1 Å². The third kappa shape index (κ3) is 2.74. The monoisotopic (exact) mass is 392 g/mol. The van der Waals surface area contributed by atoms with E-state index in [0.29, 0.717) is 18.2 Å². The molecule has 142 valence electrons. The summed E-state index contributed by atoms with van der Waals surface area (Å²) in [5.74, 6) is 1.48. The van der Waals surface area contributed by atoms with Gasteiger partial charge in [-0.15, -0.1) is 16.4 Å². The minimum Gasteiger partial charge on any atom is -0.508 e. The molecule has 3 heterocycles. The Morgan fingerprint density at radius 1 is 1.25 bits per heavy atom. The number of phenolic OH excluding ortho intramolecular Hbond substituents is 1. The number of carbonyl (C=O) groups excluding carboxylic acids is 1. The quantitative estimate of drug-likeness (QED) is 0.677. The largest absolute Gasteiger partial charge is 0.508 e. The molecule has 0 bridgehead atoms. The average molecular weight is 392 g/mol. The van der Waals surface area contributed by atoms with E-state index in [1.165, 1.54) is 0 Å². The highest BCUT2D eigenvalue weighted by Gasteiger charge is 2.42. The number of nitrogens with zero attached hydrogens (tertiary/aromatic N) is 3. The molecule has 0 spiro atoms. The van der Waals surface area contributed by atoms with Crippen LogP contribution in [0.25, 0.3) is 11.4 Å². The fraction of sp³-hybridized carbons (Fsp3) is 0.286. The number of nitrogens with one attached hydrogen (secondary N) is 1. The van der Waals surface area contributed by atoms with E-state index < -0.39 is 0 Å². The first-order valence-electron chi connectivity index (χ1n) is 9.24. The lowest BCUT2D eigenvalue weighted by atomic mass is 9.73. The van der Waals surface area contributed by atoms with Gasteiger partial charge in [-0.25, -0.2) is 4.68 Å². The number of rotatable bonds is 2. The number of aromatic hydroxyl groups is 1. The maximum atomic E-state index is 13.1. The van der Waals surface area contributed by atoms with E-state index in [2.05, 4.69) is 24.1 Å². The number of Topliss-reactive ketones (excluding diaryl/α,β-unsaturated/α-hetero) is 1. The van der Waals surface area contributed by atoms with Crippen LogP contribution in [-0.4, -0.2) is 25.7 Å². The summed E-state index contributed by atoms with van der Waals surface area (Å²) in [7, 11) is 0. The molecular weight excluding hydrogens is 372 g/mol. The Balaban J connectivity index is 1.67. The van der Waals surface area contributed by atoms with Gasteiger partial charge in [0.15, 0.2) is 11.6 Å². The van der Waals surface area contributed by atoms with Crippen LogP contribution >= 0.6 is 11.3 Å². The molecule has 6 nitrogen and oxygen atoms in total. The van der Waals surface area contributed by atoms with Crippen LogP contribution in [-0.2, 0) is 4.79 Å². The number of phenols is 1. The van der Waals surface area contributed by atoms with Crippen molar-refractivity contribution in [2.24, 2.45) is 5.41 Å². The lowest BCUT2D eigenvalue weighted by molar-refractivity contribution is -0.118. The minimum atomic E-state index is -0.270. The summed E-state index contributed by atoms with van der Waals surface area (Å²) in [6, 6.07) is 10.7. The molecule has 0 saturated carbocycles. The molecule has 3 aromatic rings. The second-order valence-corrected chi connectivity index (χ2v) is 9.11. The van der Waals surface area contributed by atoms with E-state index in [-0.39, 0.29) is 23.0 Å². The highest BCUT2D eigenvalue weighted by atomic mass is 32.1. The zero-order chi connectivity index (χ0) is 19.5. The van der Waals surface area contributed by atoms with Gasteiger partial charge in [-0.05, 0) is 35.4 Å². The lowest BCUT2D eigenvalue weighted by Gasteiger charge is -2.37. The third-order valence-electron chi connectivity index (χ3n) is 5.25. The van der Waals surface area contributed by atoms with Crippen LogP contribution in [0.1, 0.15) is 37.6 Å². The highest BCUT2D eigenvalue weighted by molar-refractivity contribution is 7.10. The van der Waals surface area contributed by atoms with E-state index >= 15 is 0 Å². The Hall–Kier alpha value is -2.93. The van der Waals surface area contributed by atoms with Crippen molar-refractivity contribution in [1.82, 2.24) is 14.8 Å². The van der Waals surface area contributed by atoms with E-state index in [9.17, 15) is 9.90 Å². The lowest BCUT2D eigenvalue weighted by Crippen LogP contribution is -2.36. The van der Waals surface area contributed by atoms with Gasteiger partial charge in [0.25, 0.3) is 0 Å². The van der Waals surface area contributed by atoms with E-state index in [0.717, 1.165) is 28.1 Å². The molecule has 2 aliphatic rings. The third-order valence-corrected chi connectivity index (χ3v) is 6.17. The second kappa shape index (κ2) is 6.04. The zero-order valence-corrected chi connectivity index (χ0v) is 16.5. The van der Waals surface area contributed by atoms with Crippen molar-refractivity contribution < 1.29 is 9.90 Å². The van der Waals surface area contributed by atoms with Gasteiger partial charge in [-0.2, -0.15) is 4.98 Å². The minimum absolute atomic E-state index is 0.0842. The van der Waals surface area contributed by atoms with Crippen molar-refractivity contribution in [3.63, 3.8) is 0 Å². The van der Waals surface area contributed by atoms with E-state index in [1.54, 1.807) is 34.2 Å². The SMILES string of the molecule is CC1(C)CC(=O)C2=C(C1)Nc1nc(-c3cccc(O)c3)nn1C2c1cccs1. The normalized spacial score (nSPS) is 20.5. The number of hydrogen-bond acceptors (Lipinski definition) is 6. The van der Waals surface area contributed by atoms with Crippen molar-refractivity contribution in [3.05, 3.63) is 57.9 Å². The standard InChI is InChI=1S/C21H20N4O2S/c1-21(2)10-14-17(15(27)11-21)18(16-7-4-8-28-16)25-20(22-14)23-19(24-25)12-5-3-6-13(26)9-12/h3-9,18,26H,10-11H2,1-2H3,(H,22,23,24). The Kier molecular flexibility index (Phi) is 3.71. The number of hydrogen-bond donors (Lipinski definition) is 2. The van der Waals surface area contributed by atoms with Gasteiger partial charge in [0.05, 0.1) is 0 Å². The molecule has 5 rings (SSSR count). The Bertz CT molecular complexity index is 1110. The maximum Gasteiger partial charge on any atom is 0.226 e. The summed E-state index contributed by atoms with van der Waals surface area (Å²) in [4.78, 5) is 18.8. The molecule has 1 atom stereocenters. The summed E-state index contributed by atoms with van der Waals surface area (Å²) >= 11 is 1.62. The molecular formula is C21H20N4O2S. The number of ketones is 1. The summed E-state index contributed by atoms with van der Waals surface area (Å²) in [5, 5.41) is 19.9. The van der Waals surface area contributed by atoms with Crippen LogP contribution < -0.4 is 5.32 Å². The average Bonchev–Trinajstić information content (AvgIpc) is 3.28. The number of thiophene rings is 1. The van der Waals surface area contributed by atoms with Gasteiger partial charge in [-0.3, -0.25) is 4.79 Å². The molecule has 0 amide bonds. The molecule has 28 heavy (non-hydrogen) atoms. The molecule has 1 aliphatic heterocycles. The van der Waals surface area contributed by atoms with Crippen LogP contribution in [0.15, 0.2) is 53.0 Å². The number of fused-ring (bicyclic) bond motifs is 1. The first-order valence-corrected chi connectivity index (χ1v) is 10.1. The highest BCUT2D eigenvalue weighted by Crippen LogP contribution is 2.46. The number of carbonyl (C=O) groups is 1. The van der Waals surface area contributed by atoms with Crippen LogP contribution in [0, 0.1) is 5.41 Å². The fourth-order valence-electron chi connectivity index (χ4n) is 4.09. The Morgan fingerprint density at radius 2 is 2.11 bits per heavy atom. The number of benzene rings is 1. The van der Waals surface area contributed by atoms with Gasteiger partial charge in [-0.1, -0.05) is 32.0 Å². The first-order chi connectivity index (χ1) is 13.4. The molecule has 0 fully saturated rings. The Morgan fingerprint density at radius 3 is 2.86 bits per heavy atom. The van der Waals surface area contributed by atoms with Crippen molar-refractivity contribution in [3.8, 4) is 17.1 Å². The van der Waals surface area contributed by atoms with Crippen LogP contribution in [0.2, 0.25) is 0 Å². The molecule has 1 aliphatic carbocycles. The van der Waals surface area contributed by atoms with Gasteiger partial charge in [0.1, 0.15) is 11.8 Å². The molecule has 2 aromatic heterocycles. The van der Waals surface area contributed by atoms with E-state index in [1.807, 2.05) is 23.6 Å². The van der Waals surface area contributed by atoms with Gasteiger partial charge >= 0.3 is 0 Å². The smallest absolute Gasteiger partial charge is 0.226 e. The zero-order valence-electron chi connectivity index (χ0n) is 15.6. The molecule has 2 N–H and O–H groups in total. The van der Waals surface area contributed by atoms with Crippen LogP contribution in [0.3, 0.4) is 0 Å². The maximum absolute atomic E-state index is 13.1. The van der Waals surface area contributed by atoms with Crippen molar-refractivity contribution in [2.75, 3.05) is 5.32 Å². The van der Waals surface area contributed by atoms with Crippen molar-refractivity contribution in [2.45, 2.75) is 32.7 Å². The second-order valence-electron chi connectivity index (χ2n) is 8.13. The van der Waals surface area contributed by atoms with Crippen LogP contribution in [0.4, 0.5) is 5.95 Å². The Labute approximate surface area is 166 Å². The topological polar surface area (TPSA) is 80.0 Å². The van der Waals surface area contributed by atoms with Crippen molar-refractivity contribution in [1.29, 1.82) is 0 Å². The van der Waals surface area contributed by atoms with Gasteiger partial charge in [0, 0.05) is 28.1 Å². The number of anilines is 1. The fourth-order valence-corrected chi connectivity index (χ4v) is 4.90.